The van der Waals surface area contributed by atoms with E-state index in [9.17, 15) is 4.79 Å². The molecule has 1 aliphatic heterocycles. The average Bonchev–Trinajstić information content (AvgIpc) is 3.21. The highest BCUT2D eigenvalue weighted by Gasteiger charge is 2.55. The van der Waals surface area contributed by atoms with Crippen LogP contribution in [0.5, 0.6) is 0 Å². The van der Waals surface area contributed by atoms with Crippen LogP contribution in [0.4, 0.5) is 0 Å². The van der Waals surface area contributed by atoms with Crippen molar-refractivity contribution in [2.45, 2.75) is 52.0 Å². The van der Waals surface area contributed by atoms with Gasteiger partial charge in [-0.3, -0.25) is 9.69 Å². The second-order valence-corrected chi connectivity index (χ2v) is 10.6. The van der Waals surface area contributed by atoms with Crippen molar-refractivity contribution in [2.24, 2.45) is 23.2 Å². The Morgan fingerprint density at radius 3 is 2.19 bits per heavy atom. The van der Waals surface area contributed by atoms with Gasteiger partial charge < -0.3 is 4.90 Å². The van der Waals surface area contributed by atoms with Gasteiger partial charge in [0.25, 0.3) is 0 Å². The van der Waals surface area contributed by atoms with E-state index in [2.05, 4.69) is 56.5 Å². The summed E-state index contributed by atoms with van der Waals surface area (Å²) in [6.07, 6.45) is 7.62. The highest BCUT2D eigenvalue weighted by molar-refractivity contribution is 5.83. The Bertz CT molecular complexity index is 923. The van der Waals surface area contributed by atoms with Crippen LogP contribution in [0, 0.1) is 30.1 Å². The quantitative estimate of drug-likeness (QED) is 0.761. The third-order valence-corrected chi connectivity index (χ3v) is 8.33. The lowest BCUT2D eigenvalue weighted by molar-refractivity contribution is -0.159. The standard InChI is InChI=1S/C24H32N6O/c1-17-2-4-21(5-3-17)30-22(25-26-27-30)16-28-6-8-29(9-7-28)23(31)24-13-18-10-19(14-24)12-20(11-18)15-24/h2-5,18-20H,6-16H2,1H3. The van der Waals surface area contributed by atoms with E-state index < -0.39 is 0 Å². The van der Waals surface area contributed by atoms with Gasteiger partial charge in [-0.25, -0.2) is 0 Å². The Morgan fingerprint density at radius 1 is 0.968 bits per heavy atom. The first-order valence-electron chi connectivity index (χ1n) is 11.9. The predicted molar refractivity (Wildman–Crippen MR) is 116 cm³/mol. The maximum absolute atomic E-state index is 13.6. The molecule has 2 aromatic rings. The molecular weight excluding hydrogens is 388 g/mol. The lowest BCUT2D eigenvalue weighted by atomic mass is 9.49. The minimum absolute atomic E-state index is 0.0214. The number of amides is 1. The molecule has 7 heteroatoms. The number of nitrogens with zero attached hydrogens (tertiary/aromatic N) is 6. The van der Waals surface area contributed by atoms with Gasteiger partial charge in [0.1, 0.15) is 0 Å². The van der Waals surface area contributed by atoms with Gasteiger partial charge in [0.2, 0.25) is 5.91 Å². The van der Waals surface area contributed by atoms with Crippen LogP contribution < -0.4 is 0 Å². The van der Waals surface area contributed by atoms with Gasteiger partial charge >= 0.3 is 0 Å². The van der Waals surface area contributed by atoms with E-state index in [1.54, 1.807) is 0 Å². The lowest BCUT2D eigenvalue weighted by Crippen LogP contribution is -2.58. The van der Waals surface area contributed by atoms with Crippen LogP contribution in [0.15, 0.2) is 24.3 Å². The maximum atomic E-state index is 13.6. The van der Waals surface area contributed by atoms with Gasteiger partial charge in [-0.1, -0.05) is 17.7 Å². The fourth-order valence-corrected chi connectivity index (χ4v) is 7.21. The molecule has 1 saturated heterocycles. The van der Waals surface area contributed by atoms with Crippen LogP contribution in [0.3, 0.4) is 0 Å². The van der Waals surface area contributed by atoms with Crippen LogP contribution in [0.2, 0.25) is 0 Å². The Morgan fingerprint density at radius 2 is 1.58 bits per heavy atom. The molecule has 0 atom stereocenters. The molecule has 0 N–H and O–H groups in total. The topological polar surface area (TPSA) is 67.2 Å². The number of tetrazole rings is 1. The highest BCUT2D eigenvalue weighted by atomic mass is 16.2. The van der Waals surface area contributed by atoms with Crippen molar-refractivity contribution in [3.8, 4) is 5.69 Å². The second kappa shape index (κ2) is 7.40. The molecule has 5 fully saturated rings. The predicted octanol–water partition coefficient (Wildman–Crippen LogP) is 2.83. The van der Waals surface area contributed by atoms with Crippen LogP contribution in [-0.2, 0) is 11.3 Å². The summed E-state index contributed by atoms with van der Waals surface area (Å²) in [5.74, 6) is 3.77. The summed E-state index contributed by atoms with van der Waals surface area (Å²) >= 11 is 0. The Hall–Kier alpha value is -2.28. The largest absolute Gasteiger partial charge is 0.340 e. The van der Waals surface area contributed by atoms with E-state index in [1.165, 1.54) is 24.8 Å². The summed E-state index contributed by atoms with van der Waals surface area (Å²) < 4.78 is 1.83. The molecule has 7 rings (SSSR count). The third kappa shape index (κ3) is 3.47. The normalized spacial score (nSPS) is 32.5. The molecule has 1 aromatic carbocycles. The Labute approximate surface area is 183 Å². The Balaban J connectivity index is 1.10. The number of hydrogen-bond acceptors (Lipinski definition) is 5. The third-order valence-electron chi connectivity index (χ3n) is 8.33. The average molecular weight is 421 g/mol. The molecule has 1 aromatic heterocycles. The molecular formula is C24H32N6O. The monoisotopic (exact) mass is 420 g/mol. The molecule has 0 radical (unpaired) electrons. The van der Waals surface area contributed by atoms with Crippen molar-refractivity contribution >= 4 is 5.91 Å². The summed E-state index contributed by atoms with van der Waals surface area (Å²) in [7, 11) is 0. The maximum Gasteiger partial charge on any atom is 0.228 e. The molecule has 164 valence electrons. The molecule has 0 unspecified atom stereocenters. The van der Waals surface area contributed by atoms with Crippen molar-refractivity contribution in [3.05, 3.63) is 35.7 Å². The van der Waals surface area contributed by atoms with Crippen LogP contribution in [0.1, 0.15) is 49.9 Å². The van der Waals surface area contributed by atoms with Crippen molar-refractivity contribution in [1.29, 1.82) is 0 Å². The van der Waals surface area contributed by atoms with Crippen LogP contribution in [0.25, 0.3) is 5.69 Å². The molecule has 2 heterocycles. The van der Waals surface area contributed by atoms with Gasteiger partial charge in [0, 0.05) is 26.2 Å². The number of piperazine rings is 1. The molecule has 31 heavy (non-hydrogen) atoms. The number of benzene rings is 1. The lowest BCUT2D eigenvalue weighted by Gasteiger charge is -2.57. The van der Waals surface area contributed by atoms with Gasteiger partial charge in [0.15, 0.2) is 5.82 Å². The molecule has 4 bridgehead atoms. The summed E-state index contributed by atoms with van der Waals surface area (Å²) in [6.45, 7) is 6.21. The van der Waals surface area contributed by atoms with E-state index in [1.807, 2.05) is 4.68 Å². The first kappa shape index (κ1) is 19.4. The fourth-order valence-electron chi connectivity index (χ4n) is 7.21. The molecule has 4 saturated carbocycles. The molecule has 0 spiro atoms. The van der Waals surface area contributed by atoms with Crippen molar-refractivity contribution in [3.63, 3.8) is 0 Å². The minimum atomic E-state index is -0.0214. The summed E-state index contributed by atoms with van der Waals surface area (Å²) in [5.41, 5.74) is 2.19. The fraction of sp³-hybridized carbons (Fsp3) is 0.667. The van der Waals surface area contributed by atoms with Gasteiger partial charge in [0.05, 0.1) is 17.6 Å². The van der Waals surface area contributed by atoms with E-state index in [0.29, 0.717) is 12.5 Å². The number of hydrogen-bond donors (Lipinski definition) is 0. The van der Waals surface area contributed by atoms with Crippen LogP contribution >= 0.6 is 0 Å². The zero-order valence-electron chi connectivity index (χ0n) is 18.4. The number of rotatable bonds is 4. The van der Waals surface area contributed by atoms with Crippen LogP contribution in [-0.4, -0.2) is 62.1 Å². The SMILES string of the molecule is Cc1ccc(-n2nnnc2CN2CCN(C(=O)C34CC5CC(CC(C5)C3)C4)CC2)cc1. The van der Waals surface area contributed by atoms with Gasteiger partial charge in [-0.15, -0.1) is 5.10 Å². The second-order valence-electron chi connectivity index (χ2n) is 10.6. The van der Waals surface area contributed by atoms with Crippen molar-refractivity contribution in [1.82, 2.24) is 30.0 Å². The van der Waals surface area contributed by atoms with Crippen molar-refractivity contribution < 1.29 is 4.79 Å². The Kier molecular flexibility index (Phi) is 4.63. The summed E-state index contributed by atoms with van der Waals surface area (Å²) in [4.78, 5) is 18.2. The zero-order valence-corrected chi connectivity index (χ0v) is 18.4. The van der Waals surface area contributed by atoms with E-state index in [-0.39, 0.29) is 5.41 Å². The first-order chi connectivity index (χ1) is 15.1. The molecule has 5 aliphatic rings. The van der Waals surface area contributed by atoms with Crippen molar-refractivity contribution in [2.75, 3.05) is 26.2 Å². The van der Waals surface area contributed by atoms with E-state index >= 15 is 0 Å². The number of carbonyl (C=O) groups is 1. The van der Waals surface area contributed by atoms with E-state index in [4.69, 9.17) is 0 Å². The number of aryl methyl sites for hydroxylation is 1. The minimum Gasteiger partial charge on any atom is -0.340 e. The molecule has 7 nitrogen and oxygen atoms in total. The molecule has 4 aliphatic carbocycles. The van der Waals surface area contributed by atoms with E-state index in [0.717, 1.165) is 74.7 Å². The molecule has 1 amide bonds. The summed E-state index contributed by atoms with van der Waals surface area (Å²) in [5, 5.41) is 12.4. The summed E-state index contributed by atoms with van der Waals surface area (Å²) in [6, 6.07) is 8.26. The first-order valence-corrected chi connectivity index (χ1v) is 11.9. The number of carbonyl (C=O) groups excluding carboxylic acids is 1. The highest BCUT2D eigenvalue weighted by Crippen LogP contribution is 2.60. The number of aromatic nitrogens is 4. The smallest absolute Gasteiger partial charge is 0.228 e. The zero-order chi connectivity index (χ0) is 21.0. The van der Waals surface area contributed by atoms with Gasteiger partial charge in [-0.05, 0) is 85.8 Å². The van der Waals surface area contributed by atoms with Gasteiger partial charge in [-0.2, -0.15) is 4.68 Å².